The van der Waals surface area contributed by atoms with Gasteiger partial charge in [-0.2, -0.15) is 0 Å². The summed E-state index contributed by atoms with van der Waals surface area (Å²) in [7, 11) is -3.89. The minimum Gasteiger partial charge on any atom is -0.457 e. The number of hydrogen-bond acceptors (Lipinski definition) is 6. The normalized spacial score (nSPS) is 11.1. The zero-order valence-electron chi connectivity index (χ0n) is 19.7. The van der Waals surface area contributed by atoms with Crippen LogP contribution in [0.3, 0.4) is 0 Å². The molecule has 1 aromatic heterocycles. The molecule has 0 unspecified atom stereocenters. The van der Waals surface area contributed by atoms with E-state index in [9.17, 15) is 17.6 Å². The van der Waals surface area contributed by atoms with Crippen LogP contribution in [0, 0.1) is 5.82 Å². The van der Waals surface area contributed by atoms with Crippen LogP contribution in [-0.4, -0.2) is 19.3 Å². The summed E-state index contributed by atoms with van der Waals surface area (Å²) in [4.78, 5) is 17.1. The lowest BCUT2D eigenvalue weighted by Crippen LogP contribution is -2.14. The lowest BCUT2D eigenvalue weighted by atomic mass is 10.2. The first-order valence-electron chi connectivity index (χ1n) is 11.3. The molecule has 38 heavy (non-hydrogen) atoms. The Bertz CT molecular complexity index is 1650. The Hall–Kier alpha value is -4.54. The van der Waals surface area contributed by atoms with E-state index in [2.05, 4.69) is 15.0 Å². The van der Waals surface area contributed by atoms with Gasteiger partial charge in [-0.05, 0) is 84.9 Å². The Labute approximate surface area is 222 Å². The smallest absolute Gasteiger partial charge is 0.261 e. The van der Waals surface area contributed by atoms with Gasteiger partial charge in [-0.3, -0.25) is 14.8 Å². The topological polar surface area (TPSA) is 97.4 Å². The highest BCUT2D eigenvalue weighted by Gasteiger charge is 2.15. The number of hydrogen-bond donors (Lipinski definition) is 2. The average Bonchev–Trinajstić information content (AvgIpc) is 3.38. The van der Waals surface area contributed by atoms with Crippen molar-refractivity contribution in [2.24, 2.45) is 0 Å². The fraction of sp³-hybridized carbons (Fsp3) is 0. The second kappa shape index (κ2) is 10.8. The highest BCUT2D eigenvalue weighted by molar-refractivity contribution is 7.92. The van der Waals surface area contributed by atoms with Crippen LogP contribution >= 0.6 is 11.3 Å². The Morgan fingerprint density at radius 1 is 0.816 bits per heavy atom. The van der Waals surface area contributed by atoms with Crippen LogP contribution in [0.4, 0.5) is 15.2 Å². The van der Waals surface area contributed by atoms with Gasteiger partial charge < -0.3 is 4.74 Å². The van der Waals surface area contributed by atoms with Crippen molar-refractivity contribution in [2.75, 3.05) is 10.0 Å². The van der Waals surface area contributed by atoms with Crippen LogP contribution in [0.5, 0.6) is 11.5 Å². The Kier molecular flexibility index (Phi) is 7.16. The molecule has 0 aliphatic carbocycles. The van der Waals surface area contributed by atoms with E-state index in [1.807, 2.05) is 60.0 Å². The Balaban J connectivity index is 1.20. The highest BCUT2D eigenvalue weighted by atomic mass is 32.2. The summed E-state index contributed by atoms with van der Waals surface area (Å²) in [6.45, 7) is 0. The summed E-state index contributed by atoms with van der Waals surface area (Å²) in [5, 5.41) is 5.03. The van der Waals surface area contributed by atoms with E-state index in [-0.39, 0.29) is 16.5 Å². The van der Waals surface area contributed by atoms with Crippen LogP contribution in [0.1, 0.15) is 10.4 Å². The number of anilines is 2. The van der Waals surface area contributed by atoms with Gasteiger partial charge in [0, 0.05) is 22.2 Å². The summed E-state index contributed by atoms with van der Waals surface area (Å²) in [5.74, 6) is 0.535. The number of carbonyl (C=O) groups is 1. The highest BCUT2D eigenvalue weighted by Crippen LogP contribution is 2.28. The van der Waals surface area contributed by atoms with E-state index in [1.54, 1.807) is 0 Å². The molecule has 5 aromatic rings. The van der Waals surface area contributed by atoms with Crippen molar-refractivity contribution in [2.45, 2.75) is 4.90 Å². The number of halogens is 1. The Morgan fingerprint density at radius 3 is 2.16 bits per heavy atom. The lowest BCUT2D eigenvalue weighted by Gasteiger charge is -2.09. The van der Waals surface area contributed by atoms with Crippen molar-refractivity contribution in [1.82, 2.24) is 4.98 Å². The molecule has 0 spiro atoms. The SMILES string of the molecule is O=C(Nc1nc(-c2ccc(Oc3ccccc3)cc2)cs1)c1ccc(NS(=O)(=O)c2ccc(F)cc2)cc1. The van der Waals surface area contributed by atoms with Crippen LogP contribution in [0.25, 0.3) is 11.3 Å². The quantitative estimate of drug-likeness (QED) is 0.224. The number of nitrogens with one attached hydrogen (secondary N) is 2. The molecule has 7 nitrogen and oxygen atoms in total. The predicted molar refractivity (Wildman–Crippen MR) is 146 cm³/mol. The molecule has 0 saturated carbocycles. The molecular weight excluding hydrogens is 525 g/mol. The molecule has 1 heterocycles. The molecule has 190 valence electrons. The van der Waals surface area contributed by atoms with E-state index in [1.165, 1.54) is 47.7 Å². The molecule has 2 N–H and O–H groups in total. The van der Waals surface area contributed by atoms with E-state index in [0.717, 1.165) is 23.4 Å². The van der Waals surface area contributed by atoms with Gasteiger partial charge in [-0.1, -0.05) is 18.2 Å². The maximum absolute atomic E-state index is 13.1. The van der Waals surface area contributed by atoms with E-state index >= 15 is 0 Å². The monoisotopic (exact) mass is 545 g/mol. The van der Waals surface area contributed by atoms with Crippen molar-refractivity contribution >= 4 is 38.1 Å². The number of thiazole rings is 1. The number of ether oxygens (including phenoxy) is 1. The summed E-state index contributed by atoms with van der Waals surface area (Å²) in [5.41, 5.74) is 2.18. The molecule has 1 amide bonds. The number of para-hydroxylation sites is 1. The average molecular weight is 546 g/mol. The fourth-order valence-corrected chi connectivity index (χ4v) is 5.24. The van der Waals surface area contributed by atoms with Crippen molar-refractivity contribution in [3.63, 3.8) is 0 Å². The van der Waals surface area contributed by atoms with Gasteiger partial charge in [0.05, 0.1) is 10.6 Å². The number of benzene rings is 4. The molecule has 0 fully saturated rings. The third-order valence-corrected chi connectivity index (χ3v) is 7.53. The molecule has 10 heteroatoms. The summed E-state index contributed by atoms with van der Waals surface area (Å²) < 4.78 is 46.2. The van der Waals surface area contributed by atoms with Crippen molar-refractivity contribution < 1.29 is 22.3 Å². The second-order valence-electron chi connectivity index (χ2n) is 8.07. The maximum Gasteiger partial charge on any atom is 0.261 e. The Morgan fingerprint density at radius 2 is 1.47 bits per heavy atom. The van der Waals surface area contributed by atoms with Gasteiger partial charge in [0.15, 0.2) is 5.13 Å². The van der Waals surface area contributed by atoms with Gasteiger partial charge in [0.2, 0.25) is 0 Å². The predicted octanol–water partition coefficient (Wildman–Crippen LogP) is 6.79. The minimum absolute atomic E-state index is 0.0707. The number of nitrogens with zero attached hydrogens (tertiary/aromatic N) is 1. The number of rotatable bonds is 8. The van der Waals surface area contributed by atoms with Gasteiger partial charge in [0.1, 0.15) is 17.3 Å². The third kappa shape index (κ3) is 6.05. The molecule has 0 aliphatic heterocycles. The molecule has 4 aromatic carbocycles. The third-order valence-electron chi connectivity index (χ3n) is 5.38. The van der Waals surface area contributed by atoms with Crippen LogP contribution < -0.4 is 14.8 Å². The molecule has 0 aliphatic rings. The van der Waals surface area contributed by atoms with Gasteiger partial charge in [0.25, 0.3) is 15.9 Å². The van der Waals surface area contributed by atoms with Crippen LogP contribution in [0.2, 0.25) is 0 Å². The molecule has 0 atom stereocenters. The number of carbonyl (C=O) groups excluding carboxylic acids is 1. The zero-order chi connectivity index (χ0) is 26.5. The van der Waals surface area contributed by atoms with Crippen LogP contribution in [-0.2, 0) is 10.0 Å². The first-order chi connectivity index (χ1) is 18.4. The summed E-state index contributed by atoms with van der Waals surface area (Å²) in [6, 6.07) is 27.4. The molecule has 0 saturated heterocycles. The first kappa shape index (κ1) is 25.1. The van der Waals surface area contributed by atoms with Crippen LogP contribution in [0.15, 0.2) is 113 Å². The fourth-order valence-electron chi connectivity index (χ4n) is 3.47. The summed E-state index contributed by atoms with van der Waals surface area (Å²) in [6.07, 6.45) is 0. The standard InChI is InChI=1S/C28H20FN3O4S2/c29-21-10-16-25(17-11-21)38(34,35)32-22-12-6-20(7-13-22)27(33)31-28-30-26(18-37-28)19-8-14-24(15-9-19)36-23-4-2-1-3-5-23/h1-18,32H,(H,30,31,33). The maximum atomic E-state index is 13.1. The van der Waals surface area contributed by atoms with E-state index in [0.29, 0.717) is 22.1 Å². The van der Waals surface area contributed by atoms with Crippen molar-refractivity contribution in [3.8, 4) is 22.8 Å². The first-order valence-corrected chi connectivity index (χ1v) is 13.7. The minimum atomic E-state index is -3.89. The number of sulfonamides is 1. The van der Waals surface area contributed by atoms with Crippen molar-refractivity contribution in [3.05, 3.63) is 120 Å². The molecular formula is C28H20FN3O4S2. The van der Waals surface area contributed by atoms with Gasteiger partial charge in [-0.15, -0.1) is 11.3 Å². The van der Waals surface area contributed by atoms with Crippen molar-refractivity contribution in [1.29, 1.82) is 0 Å². The zero-order valence-corrected chi connectivity index (χ0v) is 21.3. The van der Waals surface area contributed by atoms with Gasteiger partial charge in [-0.25, -0.2) is 17.8 Å². The number of aromatic nitrogens is 1. The molecule has 0 bridgehead atoms. The summed E-state index contributed by atoms with van der Waals surface area (Å²) >= 11 is 1.29. The van der Waals surface area contributed by atoms with E-state index in [4.69, 9.17) is 4.74 Å². The number of amides is 1. The van der Waals surface area contributed by atoms with Gasteiger partial charge >= 0.3 is 0 Å². The lowest BCUT2D eigenvalue weighted by molar-refractivity contribution is 0.102. The van der Waals surface area contributed by atoms with E-state index < -0.39 is 15.8 Å². The molecule has 5 rings (SSSR count). The molecule has 0 radical (unpaired) electrons. The second-order valence-corrected chi connectivity index (χ2v) is 10.6. The largest absolute Gasteiger partial charge is 0.457 e.